The highest BCUT2D eigenvalue weighted by Crippen LogP contribution is 2.32. The fourth-order valence-corrected chi connectivity index (χ4v) is 1.74. The van der Waals surface area contributed by atoms with Crippen LogP contribution in [0.1, 0.15) is 5.56 Å². The van der Waals surface area contributed by atoms with Crippen LogP contribution in [-0.2, 0) is 6.18 Å². The molecule has 1 aromatic heterocycles. The second kappa shape index (κ2) is 4.85. The molecule has 0 radical (unpaired) electrons. The Morgan fingerprint density at radius 3 is 2.44 bits per heavy atom. The van der Waals surface area contributed by atoms with E-state index in [1.165, 1.54) is 18.2 Å². The van der Waals surface area contributed by atoms with Crippen molar-refractivity contribution in [3.05, 3.63) is 45.5 Å². The molecule has 7 heteroatoms. The van der Waals surface area contributed by atoms with Crippen molar-refractivity contribution in [3.8, 4) is 11.3 Å². The van der Waals surface area contributed by atoms with Crippen molar-refractivity contribution in [2.24, 2.45) is 0 Å². The summed E-state index contributed by atoms with van der Waals surface area (Å²) in [5.41, 5.74) is -0.0834. The van der Waals surface area contributed by atoms with Crippen molar-refractivity contribution in [2.75, 3.05) is 0 Å². The van der Waals surface area contributed by atoms with Gasteiger partial charge >= 0.3 is 6.18 Å². The summed E-state index contributed by atoms with van der Waals surface area (Å²) >= 11 is 8.82. The molecule has 94 valence electrons. The average molecular weight is 338 g/mol. The number of alkyl halides is 3. The first kappa shape index (κ1) is 13.3. The largest absolute Gasteiger partial charge is 0.416 e. The van der Waals surface area contributed by atoms with E-state index in [2.05, 4.69) is 26.1 Å². The standard InChI is InChI=1S/C11H5BrClF3N2/c12-8-5-9(17-18-10(8)13)6-2-1-3-7(4-6)11(14,15)16/h1-5H. The highest BCUT2D eigenvalue weighted by atomic mass is 79.9. The first-order valence-corrected chi connectivity index (χ1v) is 5.91. The predicted molar refractivity (Wildman–Crippen MR) is 65.2 cm³/mol. The van der Waals surface area contributed by atoms with Crippen molar-refractivity contribution in [3.63, 3.8) is 0 Å². The van der Waals surface area contributed by atoms with Gasteiger partial charge in [0.2, 0.25) is 0 Å². The Bertz CT molecular complexity index is 587. The van der Waals surface area contributed by atoms with Crippen LogP contribution in [0.2, 0.25) is 5.15 Å². The van der Waals surface area contributed by atoms with Gasteiger partial charge in [0.1, 0.15) is 0 Å². The van der Waals surface area contributed by atoms with Gasteiger partial charge in [-0.15, -0.1) is 10.2 Å². The molecule has 0 bridgehead atoms. The summed E-state index contributed by atoms with van der Waals surface area (Å²) in [5.74, 6) is 0. The van der Waals surface area contributed by atoms with Crippen LogP contribution in [0.4, 0.5) is 13.2 Å². The molecule has 0 saturated heterocycles. The van der Waals surface area contributed by atoms with E-state index in [9.17, 15) is 13.2 Å². The van der Waals surface area contributed by atoms with Gasteiger partial charge in [-0.1, -0.05) is 23.7 Å². The van der Waals surface area contributed by atoms with Gasteiger partial charge in [0.05, 0.1) is 15.7 Å². The number of hydrogen-bond acceptors (Lipinski definition) is 2. The Kier molecular flexibility index (Phi) is 3.59. The van der Waals surface area contributed by atoms with Crippen molar-refractivity contribution in [1.29, 1.82) is 0 Å². The van der Waals surface area contributed by atoms with Gasteiger partial charge < -0.3 is 0 Å². The van der Waals surface area contributed by atoms with Crippen LogP contribution in [0.25, 0.3) is 11.3 Å². The topological polar surface area (TPSA) is 25.8 Å². The molecule has 1 aromatic carbocycles. The quantitative estimate of drug-likeness (QED) is 0.761. The van der Waals surface area contributed by atoms with Crippen LogP contribution < -0.4 is 0 Å². The lowest BCUT2D eigenvalue weighted by molar-refractivity contribution is -0.137. The van der Waals surface area contributed by atoms with Gasteiger partial charge in [-0.25, -0.2) is 0 Å². The lowest BCUT2D eigenvalue weighted by atomic mass is 10.1. The van der Waals surface area contributed by atoms with Gasteiger partial charge in [0.25, 0.3) is 0 Å². The molecular weight excluding hydrogens is 332 g/mol. The molecule has 2 nitrogen and oxygen atoms in total. The predicted octanol–water partition coefficient (Wildman–Crippen LogP) is 4.58. The summed E-state index contributed by atoms with van der Waals surface area (Å²) < 4.78 is 38.2. The van der Waals surface area contributed by atoms with Gasteiger partial charge in [0, 0.05) is 5.56 Å². The Hall–Kier alpha value is -1.14. The van der Waals surface area contributed by atoms with Crippen LogP contribution in [0.5, 0.6) is 0 Å². The number of benzene rings is 1. The lowest BCUT2D eigenvalue weighted by Gasteiger charge is -2.08. The summed E-state index contributed by atoms with van der Waals surface area (Å²) in [7, 11) is 0. The zero-order valence-electron chi connectivity index (χ0n) is 8.67. The number of hydrogen-bond donors (Lipinski definition) is 0. The maximum Gasteiger partial charge on any atom is 0.416 e. The summed E-state index contributed by atoms with van der Waals surface area (Å²) in [6.07, 6.45) is -4.38. The third kappa shape index (κ3) is 2.81. The van der Waals surface area contributed by atoms with Crippen LogP contribution in [0, 0.1) is 0 Å². The Labute approximate surface area is 114 Å². The van der Waals surface area contributed by atoms with Gasteiger partial charge in [-0.3, -0.25) is 0 Å². The summed E-state index contributed by atoms with van der Waals surface area (Å²) in [5, 5.41) is 7.55. The molecule has 0 aliphatic heterocycles. The van der Waals surface area contributed by atoms with Gasteiger partial charge in [0.15, 0.2) is 5.15 Å². The molecule has 1 heterocycles. The number of rotatable bonds is 1. The molecule has 2 rings (SSSR count). The van der Waals surface area contributed by atoms with E-state index in [1.54, 1.807) is 0 Å². The minimum Gasteiger partial charge on any atom is -0.166 e. The average Bonchev–Trinajstić information content (AvgIpc) is 2.32. The maximum absolute atomic E-state index is 12.6. The lowest BCUT2D eigenvalue weighted by Crippen LogP contribution is -2.04. The Balaban J connectivity index is 2.48. The third-order valence-corrected chi connectivity index (χ3v) is 3.30. The van der Waals surface area contributed by atoms with Crippen molar-refractivity contribution in [1.82, 2.24) is 10.2 Å². The Morgan fingerprint density at radius 1 is 1.11 bits per heavy atom. The molecule has 2 aromatic rings. The minimum absolute atomic E-state index is 0.158. The summed E-state index contributed by atoms with van der Waals surface area (Å²) in [4.78, 5) is 0. The van der Waals surface area contributed by atoms with E-state index in [0.29, 0.717) is 15.7 Å². The van der Waals surface area contributed by atoms with E-state index < -0.39 is 11.7 Å². The fraction of sp³-hybridized carbons (Fsp3) is 0.0909. The molecule has 0 saturated carbocycles. The van der Waals surface area contributed by atoms with E-state index in [-0.39, 0.29) is 5.15 Å². The van der Waals surface area contributed by atoms with Crippen LogP contribution >= 0.6 is 27.5 Å². The number of nitrogens with zero attached hydrogens (tertiary/aromatic N) is 2. The molecule has 0 aliphatic rings. The molecule has 0 atom stereocenters. The SMILES string of the molecule is FC(F)(F)c1cccc(-c2cc(Br)c(Cl)nn2)c1. The van der Waals surface area contributed by atoms with E-state index in [4.69, 9.17) is 11.6 Å². The normalized spacial score (nSPS) is 11.6. The smallest absolute Gasteiger partial charge is 0.166 e. The van der Waals surface area contributed by atoms with E-state index in [0.717, 1.165) is 12.1 Å². The molecule has 0 fully saturated rings. The summed E-state index contributed by atoms with van der Waals surface area (Å²) in [6, 6.07) is 6.39. The van der Waals surface area contributed by atoms with Crippen molar-refractivity contribution < 1.29 is 13.2 Å². The highest BCUT2D eigenvalue weighted by molar-refractivity contribution is 9.10. The first-order chi connectivity index (χ1) is 8.38. The molecule has 0 aliphatic carbocycles. The highest BCUT2D eigenvalue weighted by Gasteiger charge is 2.30. The van der Waals surface area contributed by atoms with Gasteiger partial charge in [-0.2, -0.15) is 13.2 Å². The number of halogens is 5. The molecule has 0 spiro atoms. The molecule has 0 amide bonds. The van der Waals surface area contributed by atoms with Gasteiger partial charge in [-0.05, 0) is 34.1 Å². The van der Waals surface area contributed by atoms with Crippen LogP contribution in [-0.4, -0.2) is 10.2 Å². The molecule has 0 unspecified atom stereocenters. The minimum atomic E-state index is -4.38. The zero-order valence-corrected chi connectivity index (χ0v) is 11.0. The molecule has 0 N–H and O–H groups in total. The first-order valence-electron chi connectivity index (χ1n) is 4.74. The van der Waals surface area contributed by atoms with E-state index >= 15 is 0 Å². The molecular formula is C11H5BrClF3N2. The second-order valence-corrected chi connectivity index (χ2v) is 4.66. The maximum atomic E-state index is 12.6. The van der Waals surface area contributed by atoms with Crippen LogP contribution in [0.15, 0.2) is 34.8 Å². The Morgan fingerprint density at radius 2 is 1.83 bits per heavy atom. The van der Waals surface area contributed by atoms with E-state index in [1.807, 2.05) is 0 Å². The second-order valence-electron chi connectivity index (χ2n) is 3.45. The van der Waals surface area contributed by atoms with Crippen molar-refractivity contribution >= 4 is 27.5 Å². The fourth-order valence-electron chi connectivity index (χ4n) is 1.35. The summed E-state index contributed by atoms with van der Waals surface area (Å²) in [6.45, 7) is 0. The monoisotopic (exact) mass is 336 g/mol. The van der Waals surface area contributed by atoms with Crippen LogP contribution in [0.3, 0.4) is 0 Å². The molecule has 18 heavy (non-hydrogen) atoms. The third-order valence-electron chi connectivity index (χ3n) is 2.19. The zero-order chi connectivity index (χ0) is 13.3. The van der Waals surface area contributed by atoms with Crippen molar-refractivity contribution in [2.45, 2.75) is 6.18 Å². The number of aromatic nitrogens is 2.